The summed E-state index contributed by atoms with van der Waals surface area (Å²) in [5.41, 5.74) is 1.67. The van der Waals surface area contributed by atoms with Crippen LogP contribution < -0.4 is 15.4 Å². The minimum atomic E-state index is -0.556. The van der Waals surface area contributed by atoms with Gasteiger partial charge in [0.15, 0.2) is 0 Å². The molecule has 8 heteroatoms. The van der Waals surface area contributed by atoms with Crippen LogP contribution in [0.1, 0.15) is 16.1 Å². The standard InChI is InChI=1S/C19H16ClFN4O2/c1-11-7-15(17(27-2)8-12(11)20)24-18-10-22-16(9-23-18)19(26)25-14-6-4-3-5-13(14)21/h3-10H,1-2H3,(H,23,24)(H,25,26). The fourth-order valence-corrected chi connectivity index (χ4v) is 2.48. The molecule has 0 spiro atoms. The zero-order valence-electron chi connectivity index (χ0n) is 14.6. The van der Waals surface area contributed by atoms with E-state index in [0.29, 0.717) is 22.3 Å². The Balaban J connectivity index is 1.75. The Labute approximate surface area is 160 Å². The van der Waals surface area contributed by atoms with Crippen molar-refractivity contribution < 1.29 is 13.9 Å². The average molecular weight is 387 g/mol. The van der Waals surface area contributed by atoms with E-state index in [2.05, 4.69) is 20.6 Å². The fourth-order valence-electron chi connectivity index (χ4n) is 2.33. The number of ether oxygens (including phenoxy) is 1. The number of rotatable bonds is 5. The van der Waals surface area contributed by atoms with Gasteiger partial charge in [-0.3, -0.25) is 4.79 Å². The first-order valence-electron chi connectivity index (χ1n) is 7.97. The van der Waals surface area contributed by atoms with Crippen molar-refractivity contribution in [3.05, 3.63) is 70.9 Å². The number of carbonyl (C=O) groups excluding carboxylic acids is 1. The highest BCUT2D eigenvalue weighted by molar-refractivity contribution is 6.31. The van der Waals surface area contributed by atoms with Crippen molar-refractivity contribution in [3.63, 3.8) is 0 Å². The van der Waals surface area contributed by atoms with Gasteiger partial charge in [0.2, 0.25) is 0 Å². The Bertz CT molecular complexity index is 980. The van der Waals surface area contributed by atoms with Gasteiger partial charge in [0.1, 0.15) is 23.1 Å². The van der Waals surface area contributed by atoms with E-state index >= 15 is 0 Å². The van der Waals surface area contributed by atoms with Crippen LogP contribution in [0, 0.1) is 12.7 Å². The Kier molecular flexibility index (Phi) is 5.52. The molecule has 0 bridgehead atoms. The van der Waals surface area contributed by atoms with Gasteiger partial charge in [-0.1, -0.05) is 23.7 Å². The van der Waals surface area contributed by atoms with Gasteiger partial charge in [-0.15, -0.1) is 0 Å². The smallest absolute Gasteiger partial charge is 0.275 e. The number of carbonyl (C=O) groups is 1. The molecule has 0 aliphatic carbocycles. The minimum absolute atomic E-state index is 0.0584. The van der Waals surface area contributed by atoms with Crippen LogP contribution in [0.15, 0.2) is 48.8 Å². The molecule has 0 aliphatic rings. The number of para-hydroxylation sites is 1. The molecule has 138 valence electrons. The van der Waals surface area contributed by atoms with Crippen molar-refractivity contribution in [1.82, 2.24) is 9.97 Å². The van der Waals surface area contributed by atoms with Crippen LogP contribution >= 0.6 is 11.6 Å². The predicted molar refractivity (Wildman–Crippen MR) is 102 cm³/mol. The number of amides is 1. The molecule has 0 unspecified atom stereocenters. The van der Waals surface area contributed by atoms with Gasteiger partial charge >= 0.3 is 0 Å². The number of methoxy groups -OCH3 is 1. The molecule has 1 heterocycles. The topological polar surface area (TPSA) is 76.1 Å². The lowest BCUT2D eigenvalue weighted by molar-refractivity contribution is 0.102. The van der Waals surface area contributed by atoms with Crippen LogP contribution in [-0.2, 0) is 0 Å². The predicted octanol–water partition coefficient (Wildman–Crippen LogP) is 4.58. The quantitative estimate of drug-likeness (QED) is 0.671. The SMILES string of the molecule is COc1cc(Cl)c(C)cc1Nc1cnc(C(=O)Nc2ccccc2F)cn1. The van der Waals surface area contributed by atoms with E-state index in [1.807, 2.05) is 13.0 Å². The molecule has 3 aromatic rings. The number of nitrogens with zero attached hydrogens (tertiary/aromatic N) is 2. The maximum Gasteiger partial charge on any atom is 0.275 e. The summed E-state index contributed by atoms with van der Waals surface area (Å²) in [5.74, 6) is -0.118. The highest BCUT2D eigenvalue weighted by Crippen LogP contribution is 2.32. The summed E-state index contributed by atoms with van der Waals surface area (Å²) >= 11 is 6.09. The van der Waals surface area contributed by atoms with Gasteiger partial charge in [0.25, 0.3) is 5.91 Å². The molecule has 27 heavy (non-hydrogen) atoms. The van der Waals surface area contributed by atoms with E-state index in [1.165, 1.54) is 37.7 Å². The van der Waals surface area contributed by atoms with Crippen molar-refractivity contribution in [2.45, 2.75) is 6.92 Å². The van der Waals surface area contributed by atoms with Crippen molar-refractivity contribution >= 4 is 34.7 Å². The van der Waals surface area contributed by atoms with Crippen molar-refractivity contribution in [3.8, 4) is 5.75 Å². The molecule has 1 amide bonds. The number of aryl methyl sites for hydroxylation is 1. The van der Waals surface area contributed by atoms with Gasteiger partial charge in [-0.25, -0.2) is 14.4 Å². The summed E-state index contributed by atoms with van der Waals surface area (Å²) in [7, 11) is 1.54. The van der Waals surface area contributed by atoms with E-state index in [9.17, 15) is 9.18 Å². The van der Waals surface area contributed by atoms with Crippen molar-refractivity contribution in [1.29, 1.82) is 0 Å². The fraction of sp³-hybridized carbons (Fsp3) is 0.105. The normalized spacial score (nSPS) is 10.4. The van der Waals surface area contributed by atoms with Crippen LogP contribution in [0.5, 0.6) is 5.75 Å². The van der Waals surface area contributed by atoms with Gasteiger partial charge in [0, 0.05) is 11.1 Å². The lowest BCUT2D eigenvalue weighted by Gasteiger charge is -2.12. The molecule has 6 nitrogen and oxygen atoms in total. The zero-order valence-corrected chi connectivity index (χ0v) is 15.3. The first-order chi connectivity index (χ1) is 13.0. The summed E-state index contributed by atoms with van der Waals surface area (Å²) in [6.45, 7) is 1.87. The number of benzene rings is 2. The first kappa shape index (κ1) is 18.6. The summed E-state index contributed by atoms with van der Waals surface area (Å²) in [6.07, 6.45) is 2.70. The van der Waals surface area contributed by atoms with Crippen molar-refractivity contribution in [2.75, 3.05) is 17.7 Å². The maximum atomic E-state index is 13.6. The number of hydrogen-bond donors (Lipinski definition) is 2. The van der Waals surface area contributed by atoms with Crippen LogP contribution in [0.25, 0.3) is 0 Å². The number of hydrogen-bond acceptors (Lipinski definition) is 5. The van der Waals surface area contributed by atoms with Crippen LogP contribution in [0.4, 0.5) is 21.6 Å². The van der Waals surface area contributed by atoms with Crippen LogP contribution in [-0.4, -0.2) is 23.0 Å². The molecule has 0 aliphatic heterocycles. The molecule has 2 N–H and O–H groups in total. The van der Waals surface area contributed by atoms with E-state index in [1.54, 1.807) is 12.1 Å². The Hall–Kier alpha value is -3.19. The Morgan fingerprint density at radius 1 is 1.15 bits per heavy atom. The number of anilines is 3. The lowest BCUT2D eigenvalue weighted by Crippen LogP contribution is -2.15. The molecule has 1 aromatic heterocycles. The third-order valence-electron chi connectivity index (χ3n) is 3.75. The molecule has 3 rings (SSSR count). The van der Waals surface area contributed by atoms with E-state index in [4.69, 9.17) is 16.3 Å². The Morgan fingerprint density at radius 3 is 2.59 bits per heavy atom. The molecule has 0 saturated carbocycles. The average Bonchev–Trinajstić information content (AvgIpc) is 2.67. The molecular weight excluding hydrogens is 371 g/mol. The molecule has 0 saturated heterocycles. The van der Waals surface area contributed by atoms with Gasteiger partial charge in [0.05, 0.1) is 30.9 Å². The van der Waals surface area contributed by atoms with Crippen LogP contribution in [0.3, 0.4) is 0 Å². The largest absolute Gasteiger partial charge is 0.495 e. The third-order valence-corrected chi connectivity index (χ3v) is 4.16. The van der Waals surface area contributed by atoms with E-state index in [0.717, 1.165) is 5.56 Å². The maximum absolute atomic E-state index is 13.6. The second kappa shape index (κ2) is 8.01. The van der Waals surface area contributed by atoms with E-state index < -0.39 is 11.7 Å². The highest BCUT2D eigenvalue weighted by atomic mass is 35.5. The molecule has 0 radical (unpaired) electrons. The highest BCUT2D eigenvalue weighted by Gasteiger charge is 2.12. The van der Waals surface area contributed by atoms with Gasteiger partial charge in [-0.2, -0.15) is 0 Å². The van der Waals surface area contributed by atoms with Gasteiger partial charge in [-0.05, 0) is 30.7 Å². The summed E-state index contributed by atoms with van der Waals surface area (Å²) in [6, 6.07) is 9.41. The first-order valence-corrected chi connectivity index (χ1v) is 8.35. The second-order valence-corrected chi connectivity index (χ2v) is 6.05. The molecule has 0 atom stereocenters. The molecule has 0 fully saturated rings. The molecule has 2 aromatic carbocycles. The second-order valence-electron chi connectivity index (χ2n) is 5.65. The lowest BCUT2D eigenvalue weighted by atomic mass is 10.2. The minimum Gasteiger partial charge on any atom is -0.495 e. The summed E-state index contributed by atoms with van der Waals surface area (Å²) in [4.78, 5) is 20.4. The zero-order chi connectivity index (χ0) is 19.4. The number of nitrogens with one attached hydrogen (secondary N) is 2. The number of halogens is 2. The summed E-state index contributed by atoms with van der Waals surface area (Å²) < 4.78 is 18.9. The molecular formula is C19H16ClFN4O2. The van der Waals surface area contributed by atoms with Crippen molar-refractivity contribution in [2.24, 2.45) is 0 Å². The Morgan fingerprint density at radius 2 is 1.93 bits per heavy atom. The number of aromatic nitrogens is 2. The summed E-state index contributed by atoms with van der Waals surface area (Å²) in [5, 5.41) is 6.11. The van der Waals surface area contributed by atoms with Crippen LogP contribution in [0.2, 0.25) is 5.02 Å². The van der Waals surface area contributed by atoms with Gasteiger partial charge < -0.3 is 15.4 Å². The monoisotopic (exact) mass is 386 g/mol. The van der Waals surface area contributed by atoms with E-state index in [-0.39, 0.29) is 11.4 Å². The third kappa shape index (κ3) is 4.32.